The van der Waals surface area contributed by atoms with Crippen molar-refractivity contribution in [1.82, 2.24) is 4.90 Å². The van der Waals surface area contributed by atoms with Gasteiger partial charge in [0.25, 0.3) is 0 Å². The lowest BCUT2D eigenvalue weighted by molar-refractivity contribution is -0.136. The van der Waals surface area contributed by atoms with Crippen LogP contribution in [-0.4, -0.2) is 35.3 Å². The van der Waals surface area contributed by atoms with E-state index >= 15 is 0 Å². The number of hydrogen-bond acceptors (Lipinski definition) is 3. The first-order chi connectivity index (χ1) is 7.97. The fourth-order valence-corrected chi connectivity index (χ4v) is 2.41. The Morgan fingerprint density at radius 3 is 2.29 bits per heavy atom. The van der Waals surface area contributed by atoms with Crippen molar-refractivity contribution in [3.63, 3.8) is 0 Å². The van der Waals surface area contributed by atoms with Gasteiger partial charge in [-0.1, -0.05) is 19.3 Å². The minimum absolute atomic E-state index is 0.00852. The smallest absolute Gasteiger partial charge is 0.237 e. The number of nitrogens with two attached hydrogens (primary N) is 2. The molecule has 0 heterocycles. The van der Waals surface area contributed by atoms with E-state index in [1.807, 2.05) is 6.92 Å². The van der Waals surface area contributed by atoms with Crippen LogP contribution in [0, 0.1) is 0 Å². The van der Waals surface area contributed by atoms with E-state index in [1.165, 1.54) is 11.3 Å². The number of nitrogens with zero attached hydrogens (tertiary/aromatic N) is 1. The summed E-state index contributed by atoms with van der Waals surface area (Å²) in [6.07, 6.45) is 5.50. The molecule has 0 aromatic carbocycles. The molecule has 0 aliphatic heterocycles. The maximum absolute atomic E-state index is 12.0. The van der Waals surface area contributed by atoms with E-state index in [4.69, 9.17) is 11.5 Å². The van der Waals surface area contributed by atoms with E-state index < -0.39 is 5.91 Å². The SMILES string of the molecule is CCN(CC(N)=O)C(=O)CC1(N)CCCCC1. The highest BCUT2D eigenvalue weighted by molar-refractivity contribution is 5.84. The molecule has 0 saturated heterocycles. The second-order valence-electron chi connectivity index (χ2n) is 4.97. The molecule has 0 bridgehead atoms. The Kier molecular flexibility index (Phi) is 4.93. The lowest BCUT2D eigenvalue weighted by Crippen LogP contribution is -2.48. The largest absolute Gasteiger partial charge is 0.368 e. The van der Waals surface area contributed by atoms with Gasteiger partial charge in [0, 0.05) is 18.5 Å². The van der Waals surface area contributed by atoms with E-state index in [2.05, 4.69) is 0 Å². The molecule has 4 N–H and O–H groups in total. The Hall–Kier alpha value is -1.10. The molecule has 5 heteroatoms. The van der Waals surface area contributed by atoms with Crippen LogP contribution in [0.15, 0.2) is 0 Å². The lowest BCUT2D eigenvalue weighted by Gasteiger charge is -2.34. The van der Waals surface area contributed by atoms with Gasteiger partial charge in [-0.2, -0.15) is 0 Å². The van der Waals surface area contributed by atoms with Crippen LogP contribution in [-0.2, 0) is 9.59 Å². The van der Waals surface area contributed by atoms with Crippen LogP contribution in [0.3, 0.4) is 0 Å². The van der Waals surface area contributed by atoms with Gasteiger partial charge in [-0.05, 0) is 19.8 Å². The Labute approximate surface area is 103 Å². The van der Waals surface area contributed by atoms with Crippen molar-refractivity contribution >= 4 is 11.8 Å². The summed E-state index contributed by atoms with van der Waals surface area (Å²) in [5, 5.41) is 0. The summed E-state index contributed by atoms with van der Waals surface area (Å²) in [6.45, 7) is 2.33. The molecule has 2 amide bonds. The molecule has 1 aliphatic rings. The van der Waals surface area contributed by atoms with Crippen molar-refractivity contribution in [2.24, 2.45) is 11.5 Å². The van der Waals surface area contributed by atoms with Crippen LogP contribution < -0.4 is 11.5 Å². The van der Waals surface area contributed by atoms with Crippen molar-refractivity contribution in [3.8, 4) is 0 Å². The van der Waals surface area contributed by atoms with E-state index in [1.54, 1.807) is 0 Å². The first-order valence-electron chi connectivity index (χ1n) is 6.32. The van der Waals surface area contributed by atoms with Crippen molar-refractivity contribution in [2.45, 2.75) is 51.0 Å². The van der Waals surface area contributed by atoms with Gasteiger partial charge in [0.1, 0.15) is 0 Å². The van der Waals surface area contributed by atoms with Crippen molar-refractivity contribution < 1.29 is 9.59 Å². The molecule has 17 heavy (non-hydrogen) atoms. The predicted octanol–water partition coefficient (Wildman–Crippen LogP) is 0.372. The highest BCUT2D eigenvalue weighted by Gasteiger charge is 2.31. The zero-order valence-electron chi connectivity index (χ0n) is 10.6. The zero-order chi connectivity index (χ0) is 12.9. The van der Waals surface area contributed by atoms with Crippen LogP contribution in [0.5, 0.6) is 0 Å². The van der Waals surface area contributed by atoms with Crippen molar-refractivity contribution in [1.29, 1.82) is 0 Å². The normalized spacial score (nSPS) is 18.7. The molecule has 0 unspecified atom stereocenters. The predicted molar refractivity (Wildman–Crippen MR) is 66.1 cm³/mol. The fourth-order valence-electron chi connectivity index (χ4n) is 2.41. The third-order valence-corrected chi connectivity index (χ3v) is 3.43. The molecule has 0 aromatic heterocycles. The van der Waals surface area contributed by atoms with Crippen molar-refractivity contribution in [3.05, 3.63) is 0 Å². The highest BCUT2D eigenvalue weighted by atomic mass is 16.2. The molecule has 0 spiro atoms. The Morgan fingerprint density at radius 1 is 1.24 bits per heavy atom. The van der Waals surface area contributed by atoms with Crippen LogP contribution in [0.2, 0.25) is 0 Å². The summed E-state index contributed by atoms with van der Waals surface area (Å²) in [5.41, 5.74) is 11.0. The van der Waals surface area contributed by atoms with Gasteiger partial charge in [-0.25, -0.2) is 0 Å². The van der Waals surface area contributed by atoms with Gasteiger partial charge in [0.15, 0.2) is 0 Å². The maximum atomic E-state index is 12.0. The van der Waals surface area contributed by atoms with Gasteiger partial charge in [-0.3, -0.25) is 9.59 Å². The van der Waals surface area contributed by atoms with Crippen LogP contribution >= 0.6 is 0 Å². The molecule has 0 aromatic rings. The van der Waals surface area contributed by atoms with Gasteiger partial charge in [0.05, 0.1) is 6.54 Å². The molecule has 5 nitrogen and oxygen atoms in total. The number of amides is 2. The average molecular weight is 241 g/mol. The van der Waals surface area contributed by atoms with Crippen LogP contribution in [0.4, 0.5) is 0 Å². The van der Waals surface area contributed by atoms with Gasteiger partial charge in [-0.15, -0.1) is 0 Å². The van der Waals surface area contributed by atoms with E-state index in [0.29, 0.717) is 13.0 Å². The number of carbonyl (C=O) groups is 2. The molecule has 1 aliphatic carbocycles. The molecule has 1 rings (SSSR count). The van der Waals surface area contributed by atoms with Gasteiger partial charge < -0.3 is 16.4 Å². The average Bonchev–Trinajstić information content (AvgIpc) is 2.25. The summed E-state index contributed by atoms with van der Waals surface area (Å²) in [6, 6.07) is 0. The van der Waals surface area contributed by atoms with Crippen LogP contribution in [0.1, 0.15) is 45.4 Å². The standard InChI is InChI=1S/C12H23N3O2/c1-2-15(9-10(13)16)11(17)8-12(14)6-4-3-5-7-12/h2-9,14H2,1H3,(H2,13,16). The number of rotatable bonds is 5. The molecule has 98 valence electrons. The van der Waals surface area contributed by atoms with Crippen LogP contribution in [0.25, 0.3) is 0 Å². The second kappa shape index (κ2) is 6.00. The third kappa shape index (κ3) is 4.34. The Morgan fingerprint density at radius 2 is 1.82 bits per heavy atom. The molecule has 0 radical (unpaired) electrons. The van der Waals surface area contributed by atoms with E-state index in [-0.39, 0.29) is 18.0 Å². The lowest BCUT2D eigenvalue weighted by atomic mass is 9.80. The number of primary amides is 1. The third-order valence-electron chi connectivity index (χ3n) is 3.43. The van der Waals surface area contributed by atoms with Gasteiger partial charge >= 0.3 is 0 Å². The quantitative estimate of drug-likeness (QED) is 0.728. The topological polar surface area (TPSA) is 89.4 Å². The van der Waals surface area contributed by atoms with Crippen molar-refractivity contribution in [2.75, 3.05) is 13.1 Å². The number of carbonyl (C=O) groups excluding carboxylic acids is 2. The molecule has 1 saturated carbocycles. The fraction of sp³-hybridized carbons (Fsp3) is 0.833. The monoisotopic (exact) mass is 241 g/mol. The first kappa shape index (κ1) is 14.0. The summed E-state index contributed by atoms with van der Waals surface area (Å²) in [4.78, 5) is 24.3. The first-order valence-corrected chi connectivity index (χ1v) is 6.32. The Bertz CT molecular complexity index is 285. The minimum Gasteiger partial charge on any atom is -0.368 e. The maximum Gasteiger partial charge on any atom is 0.237 e. The summed E-state index contributed by atoms with van der Waals surface area (Å²) < 4.78 is 0. The summed E-state index contributed by atoms with van der Waals surface area (Å²) >= 11 is 0. The molecular formula is C12H23N3O2. The highest BCUT2D eigenvalue weighted by Crippen LogP contribution is 2.29. The molecule has 0 atom stereocenters. The van der Waals surface area contributed by atoms with E-state index in [9.17, 15) is 9.59 Å². The summed E-state index contributed by atoms with van der Waals surface area (Å²) in [7, 11) is 0. The zero-order valence-corrected chi connectivity index (χ0v) is 10.6. The molecular weight excluding hydrogens is 218 g/mol. The second-order valence-corrected chi connectivity index (χ2v) is 4.97. The minimum atomic E-state index is -0.477. The molecule has 1 fully saturated rings. The number of hydrogen-bond donors (Lipinski definition) is 2. The number of likely N-dealkylation sites (N-methyl/N-ethyl adjacent to an activating group) is 1. The Balaban J connectivity index is 2.53. The van der Waals surface area contributed by atoms with Gasteiger partial charge in [0.2, 0.25) is 11.8 Å². The summed E-state index contributed by atoms with van der Waals surface area (Å²) in [5.74, 6) is -0.536. The van der Waals surface area contributed by atoms with E-state index in [0.717, 1.165) is 25.7 Å².